The minimum Gasteiger partial charge on any atom is -0.387 e. The van der Waals surface area contributed by atoms with Gasteiger partial charge >= 0.3 is 0 Å². The Morgan fingerprint density at radius 1 is 1.33 bits per heavy atom. The van der Waals surface area contributed by atoms with Gasteiger partial charge in [0.25, 0.3) is 0 Å². The van der Waals surface area contributed by atoms with Crippen LogP contribution in [0.5, 0.6) is 0 Å². The first-order valence-electron chi connectivity index (χ1n) is 5.80. The Balaban J connectivity index is 1.95. The summed E-state index contributed by atoms with van der Waals surface area (Å²) in [6.07, 6.45) is 2.29. The second-order valence-corrected chi connectivity index (χ2v) is 4.26. The van der Waals surface area contributed by atoms with E-state index in [1.54, 1.807) is 0 Å². The van der Waals surface area contributed by atoms with Gasteiger partial charge in [0.2, 0.25) is 0 Å². The molecule has 0 bridgehead atoms. The third-order valence-corrected chi connectivity index (χ3v) is 2.96. The van der Waals surface area contributed by atoms with Gasteiger partial charge in [0.05, 0.1) is 6.10 Å². The highest BCUT2D eigenvalue weighted by Crippen LogP contribution is 2.40. The number of likely N-dealkylation sites (N-methyl/N-ethyl adjacent to an activating group) is 1. The molecule has 1 aromatic carbocycles. The first-order valence-corrected chi connectivity index (χ1v) is 5.80. The van der Waals surface area contributed by atoms with Crippen molar-refractivity contribution in [3.8, 4) is 0 Å². The van der Waals surface area contributed by atoms with Crippen LogP contribution in [0.3, 0.4) is 0 Å². The molecular weight excluding hydrogens is 186 g/mol. The monoisotopic (exact) mass is 205 g/mol. The van der Waals surface area contributed by atoms with E-state index in [9.17, 15) is 5.11 Å². The molecule has 2 N–H and O–H groups in total. The minimum absolute atomic E-state index is 0.377. The van der Waals surface area contributed by atoms with E-state index in [4.69, 9.17) is 0 Å². The molecule has 0 spiro atoms. The summed E-state index contributed by atoms with van der Waals surface area (Å²) < 4.78 is 0. The average molecular weight is 205 g/mol. The molecule has 1 fully saturated rings. The zero-order chi connectivity index (χ0) is 10.7. The lowest BCUT2D eigenvalue weighted by Crippen LogP contribution is -2.20. The van der Waals surface area contributed by atoms with Crippen molar-refractivity contribution in [1.29, 1.82) is 0 Å². The molecule has 0 heterocycles. The molecule has 2 rings (SSSR count). The smallest absolute Gasteiger partial charge is 0.0914 e. The summed E-state index contributed by atoms with van der Waals surface area (Å²) in [7, 11) is 0. The van der Waals surface area contributed by atoms with E-state index in [1.165, 1.54) is 18.4 Å². The van der Waals surface area contributed by atoms with Gasteiger partial charge in [-0.15, -0.1) is 0 Å². The molecule has 2 nitrogen and oxygen atoms in total. The molecule has 0 radical (unpaired) electrons. The first kappa shape index (κ1) is 10.7. The van der Waals surface area contributed by atoms with Crippen molar-refractivity contribution in [3.63, 3.8) is 0 Å². The van der Waals surface area contributed by atoms with E-state index in [0.717, 1.165) is 18.0 Å². The van der Waals surface area contributed by atoms with Crippen LogP contribution >= 0.6 is 0 Å². The lowest BCUT2D eigenvalue weighted by molar-refractivity contribution is 0.175. The summed E-state index contributed by atoms with van der Waals surface area (Å²) in [6, 6.07) is 8.41. The molecule has 2 heteroatoms. The molecule has 1 aromatic rings. The molecule has 1 atom stereocenters. The van der Waals surface area contributed by atoms with E-state index < -0.39 is 0 Å². The highest BCUT2D eigenvalue weighted by molar-refractivity contribution is 5.29. The zero-order valence-electron chi connectivity index (χ0n) is 9.24. The van der Waals surface area contributed by atoms with Gasteiger partial charge in [-0.3, -0.25) is 0 Å². The fourth-order valence-electron chi connectivity index (χ4n) is 1.81. The van der Waals surface area contributed by atoms with Crippen molar-refractivity contribution in [2.45, 2.75) is 31.8 Å². The largest absolute Gasteiger partial charge is 0.387 e. The summed E-state index contributed by atoms with van der Waals surface area (Å²) in [4.78, 5) is 0. The van der Waals surface area contributed by atoms with Crippen LogP contribution in [-0.2, 0) is 0 Å². The molecule has 1 unspecified atom stereocenters. The number of rotatable bonds is 5. The van der Waals surface area contributed by atoms with Gasteiger partial charge in [-0.2, -0.15) is 0 Å². The lowest BCUT2D eigenvalue weighted by Gasteiger charge is -2.11. The van der Waals surface area contributed by atoms with Gasteiger partial charge in [-0.05, 0) is 36.4 Å². The van der Waals surface area contributed by atoms with Crippen LogP contribution < -0.4 is 5.32 Å². The summed E-state index contributed by atoms with van der Waals surface area (Å²) >= 11 is 0. The number of benzene rings is 1. The van der Waals surface area contributed by atoms with Gasteiger partial charge < -0.3 is 10.4 Å². The predicted octanol–water partition coefficient (Wildman–Crippen LogP) is 2.21. The maximum Gasteiger partial charge on any atom is 0.0914 e. The predicted molar refractivity (Wildman–Crippen MR) is 61.9 cm³/mol. The Labute approximate surface area is 91.3 Å². The Bertz CT molecular complexity index is 303. The Morgan fingerprint density at radius 2 is 2.00 bits per heavy atom. The second-order valence-electron chi connectivity index (χ2n) is 4.26. The van der Waals surface area contributed by atoms with Gasteiger partial charge in [0, 0.05) is 6.54 Å². The first-order chi connectivity index (χ1) is 7.31. The minimum atomic E-state index is -0.377. The summed E-state index contributed by atoms with van der Waals surface area (Å²) in [6.45, 7) is 3.58. The van der Waals surface area contributed by atoms with E-state index in [-0.39, 0.29) is 6.10 Å². The molecule has 1 saturated carbocycles. The third-order valence-electron chi connectivity index (χ3n) is 2.96. The van der Waals surface area contributed by atoms with Crippen LogP contribution in [0.4, 0.5) is 0 Å². The van der Waals surface area contributed by atoms with E-state index in [1.807, 2.05) is 6.92 Å². The van der Waals surface area contributed by atoms with Crippen molar-refractivity contribution < 1.29 is 5.11 Å². The van der Waals surface area contributed by atoms with Gasteiger partial charge in [-0.1, -0.05) is 31.2 Å². The van der Waals surface area contributed by atoms with Gasteiger partial charge in [0.15, 0.2) is 0 Å². The maximum absolute atomic E-state index is 9.83. The quantitative estimate of drug-likeness (QED) is 0.772. The molecule has 1 aliphatic carbocycles. The number of aliphatic hydroxyl groups is 1. The normalized spacial score (nSPS) is 17.7. The summed E-state index contributed by atoms with van der Waals surface area (Å²) in [5.74, 6) is 0.796. The standard InChI is InChI=1S/C13H19NO/c1-2-14-9-13(15)12-7-5-11(6-8-12)10-3-4-10/h5-8,10,13-15H,2-4,9H2,1H3. The fraction of sp³-hybridized carbons (Fsp3) is 0.538. The Kier molecular flexibility index (Phi) is 3.39. The topological polar surface area (TPSA) is 32.3 Å². The molecule has 0 saturated heterocycles. The SMILES string of the molecule is CCNCC(O)c1ccc(C2CC2)cc1. The maximum atomic E-state index is 9.83. The highest BCUT2D eigenvalue weighted by atomic mass is 16.3. The number of hydrogen-bond acceptors (Lipinski definition) is 2. The Morgan fingerprint density at radius 3 is 2.53 bits per heavy atom. The zero-order valence-corrected chi connectivity index (χ0v) is 9.24. The van der Waals surface area contributed by atoms with E-state index in [2.05, 4.69) is 29.6 Å². The van der Waals surface area contributed by atoms with Crippen molar-refractivity contribution >= 4 is 0 Å². The number of aliphatic hydroxyl groups excluding tert-OH is 1. The number of hydrogen-bond donors (Lipinski definition) is 2. The third kappa shape index (κ3) is 2.80. The molecule has 15 heavy (non-hydrogen) atoms. The molecule has 0 aromatic heterocycles. The summed E-state index contributed by atoms with van der Waals surface area (Å²) in [5, 5.41) is 13.0. The van der Waals surface area contributed by atoms with Crippen molar-refractivity contribution in [2.75, 3.05) is 13.1 Å². The highest BCUT2D eigenvalue weighted by Gasteiger charge is 2.23. The van der Waals surface area contributed by atoms with Crippen molar-refractivity contribution in [2.24, 2.45) is 0 Å². The molecule has 82 valence electrons. The molecule has 0 aliphatic heterocycles. The van der Waals surface area contributed by atoms with Crippen LogP contribution in [0.15, 0.2) is 24.3 Å². The molecule has 0 amide bonds. The fourth-order valence-corrected chi connectivity index (χ4v) is 1.81. The van der Waals surface area contributed by atoms with Crippen LogP contribution in [0.2, 0.25) is 0 Å². The van der Waals surface area contributed by atoms with Crippen molar-refractivity contribution in [1.82, 2.24) is 5.32 Å². The van der Waals surface area contributed by atoms with Crippen LogP contribution in [-0.4, -0.2) is 18.2 Å². The van der Waals surface area contributed by atoms with Crippen LogP contribution in [0.1, 0.15) is 42.9 Å². The van der Waals surface area contributed by atoms with Gasteiger partial charge in [0.1, 0.15) is 0 Å². The van der Waals surface area contributed by atoms with Crippen molar-refractivity contribution in [3.05, 3.63) is 35.4 Å². The summed E-state index contributed by atoms with van der Waals surface area (Å²) in [5.41, 5.74) is 2.44. The second kappa shape index (κ2) is 4.77. The molecular formula is C13H19NO. The molecule has 1 aliphatic rings. The van der Waals surface area contributed by atoms with Crippen LogP contribution in [0.25, 0.3) is 0 Å². The van der Waals surface area contributed by atoms with E-state index >= 15 is 0 Å². The lowest BCUT2D eigenvalue weighted by atomic mass is 10.0. The van der Waals surface area contributed by atoms with Gasteiger partial charge in [-0.25, -0.2) is 0 Å². The Hall–Kier alpha value is -0.860. The number of nitrogens with one attached hydrogen (secondary N) is 1. The van der Waals surface area contributed by atoms with E-state index in [0.29, 0.717) is 6.54 Å². The average Bonchev–Trinajstić information content (AvgIpc) is 3.10. The van der Waals surface area contributed by atoms with Crippen LogP contribution in [0, 0.1) is 0 Å².